The summed E-state index contributed by atoms with van der Waals surface area (Å²) in [5.74, 6) is 1.70. The van der Waals surface area contributed by atoms with E-state index in [1.165, 1.54) is 43.2 Å². The van der Waals surface area contributed by atoms with Crippen LogP contribution >= 0.6 is 0 Å². The summed E-state index contributed by atoms with van der Waals surface area (Å²) >= 11 is 0. The fraction of sp³-hybridized carbons (Fsp3) is 0.484. The number of rotatable bonds is 6. The quantitative estimate of drug-likeness (QED) is 0.474. The van der Waals surface area contributed by atoms with Crippen molar-refractivity contribution in [1.29, 1.82) is 0 Å². The van der Waals surface area contributed by atoms with Gasteiger partial charge >= 0.3 is 0 Å². The van der Waals surface area contributed by atoms with Gasteiger partial charge in [-0.3, -0.25) is 14.5 Å². The van der Waals surface area contributed by atoms with Crippen molar-refractivity contribution in [2.24, 2.45) is 0 Å². The fourth-order valence-corrected chi connectivity index (χ4v) is 6.56. The number of hydrogen-bond donors (Lipinski definition) is 0. The highest BCUT2D eigenvalue weighted by atomic mass is 16.3. The summed E-state index contributed by atoms with van der Waals surface area (Å²) in [6.07, 6.45) is 7.44. The summed E-state index contributed by atoms with van der Waals surface area (Å²) in [5.41, 5.74) is 4.61. The maximum absolute atomic E-state index is 13.7. The van der Waals surface area contributed by atoms with Gasteiger partial charge in [-0.2, -0.15) is 0 Å². The van der Waals surface area contributed by atoms with Crippen molar-refractivity contribution >= 4 is 22.8 Å². The lowest BCUT2D eigenvalue weighted by Gasteiger charge is -2.46. The van der Waals surface area contributed by atoms with Crippen LogP contribution < -0.4 is 0 Å². The summed E-state index contributed by atoms with van der Waals surface area (Å²) in [6, 6.07) is 16.7. The number of hydrogen-bond acceptors (Lipinski definition) is 4. The lowest BCUT2D eigenvalue weighted by molar-refractivity contribution is -0.160. The first-order chi connectivity index (χ1) is 18.1. The van der Waals surface area contributed by atoms with Gasteiger partial charge in [0.1, 0.15) is 23.9 Å². The van der Waals surface area contributed by atoms with Gasteiger partial charge in [-0.05, 0) is 36.0 Å². The summed E-state index contributed by atoms with van der Waals surface area (Å²) in [7, 11) is 0. The van der Waals surface area contributed by atoms with Crippen LogP contribution in [-0.2, 0) is 29.1 Å². The van der Waals surface area contributed by atoms with Gasteiger partial charge in [-0.25, -0.2) is 0 Å². The zero-order valence-corrected chi connectivity index (χ0v) is 21.8. The third-order valence-corrected chi connectivity index (χ3v) is 8.62. The first-order valence-electron chi connectivity index (χ1n) is 14.0. The summed E-state index contributed by atoms with van der Waals surface area (Å²) in [5, 5.41) is 1.03. The summed E-state index contributed by atoms with van der Waals surface area (Å²) < 4.78 is 6.05. The van der Waals surface area contributed by atoms with E-state index in [-0.39, 0.29) is 18.4 Å². The van der Waals surface area contributed by atoms with E-state index in [9.17, 15) is 9.59 Å². The molecule has 1 aliphatic carbocycles. The molecule has 0 spiro atoms. The Kier molecular flexibility index (Phi) is 6.76. The number of para-hydroxylation sites is 1. The van der Waals surface area contributed by atoms with E-state index in [1.807, 2.05) is 24.3 Å². The van der Waals surface area contributed by atoms with Crippen LogP contribution in [0.15, 0.2) is 52.9 Å². The first kappa shape index (κ1) is 24.2. The minimum Gasteiger partial charge on any atom is -0.461 e. The molecule has 6 rings (SSSR count). The van der Waals surface area contributed by atoms with E-state index in [0.29, 0.717) is 25.6 Å². The van der Waals surface area contributed by atoms with Gasteiger partial charge in [0.2, 0.25) is 11.8 Å². The average molecular weight is 500 g/mol. The molecule has 3 fully saturated rings. The monoisotopic (exact) mass is 499 g/mol. The van der Waals surface area contributed by atoms with Crippen LogP contribution in [0.3, 0.4) is 0 Å². The van der Waals surface area contributed by atoms with Gasteiger partial charge in [0.25, 0.3) is 0 Å². The predicted molar refractivity (Wildman–Crippen MR) is 144 cm³/mol. The van der Waals surface area contributed by atoms with E-state index in [2.05, 4.69) is 36.1 Å². The van der Waals surface area contributed by atoms with Gasteiger partial charge in [0, 0.05) is 43.5 Å². The maximum atomic E-state index is 13.7. The first-order valence-corrected chi connectivity index (χ1v) is 14.0. The molecule has 6 heteroatoms. The zero-order chi connectivity index (χ0) is 25.4. The lowest BCUT2D eigenvalue weighted by Crippen LogP contribution is -2.66. The van der Waals surface area contributed by atoms with Crippen molar-refractivity contribution < 1.29 is 14.0 Å². The number of piperazine rings is 2. The molecule has 1 saturated carbocycles. The molecule has 6 nitrogen and oxygen atoms in total. The molecule has 0 bridgehead atoms. The highest BCUT2D eigenvalue weighted by Gasteiger charge is 2.42. The Morgan fingerprint density at radius 2 is 1.70 bits per heavy atom. The number of fused-ring (bicyclic) bond motifs is 2. The number of furan rings is 1. The zero-order valence-electron chi connectivity index (χ0n) is 21.8. The van der Waals surface area contributed by atoms with Crippen molar-refractivity contribution in [1.82, 2.24) is 14.7 Å². The van der Waals surface area contributed by atoms with Crippen molar-refractivity contribution in [3.8, 4) is 0 Å². The lowest BCUT2D eigenvalue weighted by atomic mass is 9.84. The molecule has 194 valence electrons. The molecule has 2 aliphatic heterocycles. The van der Waals surface area contributed by atoms with E-state index >= 15 is 0 Å². The molecule has 37 heavy (non-hydrogen) atoms. The number of benzene rings is 2. The fourth-order valence-electron chi connectivity index (χ4n) is 6.56. The van der Waals surface area contributed by atoms with Crippen molar-refractivity contribution in [2.75, 3.05) is 26.2 Å². The van der Waals surface area contributed by atoms with Crippen LogP contribution in [0.25, 0.3) is 11.0 Å². The van der Waals surface area contributed by atoms with Gasteiger partial charge in [-0.1, -0.05) is 68.7 Å². The minimum atomic E-state index is -0.417. The Hall–Kier alpha value is -3.12. The maximum Gasteiger partial charge on any atom is 0.247 e. The third kappa shape index (κ3) is 4.79. The topological polar surface area (TPSA) is 57.0 Å². The number of nitrogens with zero attached hydrogens (tertiary/aromatic N) is 3. The standard InChI is InChI=1S/C31H37N3O3/c1-2-28-26(25-10-6-7-11-29(25)37-28)19-33-21-30(35)34-17-16-32(20-27(34)31(33)36)18-22-12-14-24(15-13-22)23-8-4-3-5-9-23/h6-7,10-15,23,27H,2-5,8-9,16-21H2,1H3. The van der Waals surface area contributed by atoms with Gasteiger partial charge in [-0.15, -0.1) is 0 Å². The highest BCUT2D eigenvalue weighted by Crippen LogP contribution is 2.33. The van der Waals surface area contributed by atoms with Crippen molar-refractivity contribution in [3.63, 3.8) is 0 Å². The van der Waals surface area contributed by atoms with Crippen LogP contribution in [0, 0.1) is 0 Å². The average Bonchev–Trinajstić information content (AvgIpc) is 3.30. The van der Waals surface area contributed by atoms with Crippen LogP contribution in [0.1, 0.15) is 67.4 Å². The molecule has 1 unspecified atom stereocenters. The number of aryl methyl sites for hydroxylation is 1. The van der Waals surface area contributed by atoms with Crippen LogP contribution in [-0.4, -0.2) is 58.7 Å². The molecule has 2 saturated heterocycles. The number of carbonyl (C=O) groups is 2. The van der Waals surface area contributed by atoms with Crippen LogP contribution in [0.4, 0.5) is 0 Å². The van der Waals surface area contributed by atoms with E-state index in [0.717, 1.165) is 41.8 Å². The molecule has 2 aromatic carbocycles. The Bertz CT molecular complexity index is 1270. The summed E-state index contributed by atoms with van der Waals surface area (Å²) in [6.45, 7) is 5.41. The normalized spacial score (nSPS) is 21.6. The minimum absolute atomic E-state index is 0.0456. The second kappa shape index (κ2) is 10.3. The molecule has 0 radical (unpaired) electrons. The second-order valence-electron chi connectivity index (χ2n) is 11.0. The molecular weight excluding hydrogens is 462 g/mol. The molecule has 1 atom stereocenters. The molecule has 1 aromatic heterocycles. The van der Waals surface area contributed by atoms with E-state index < -0.39 is 6.04 Å². The molecule has 3 heterocycles. The molecule has 3 aromatic rings. The smallest absolute Gasteiger partial charge is 0.247 e. The van der Waals surface area contributed by atoms with E-state index in [4.69, 9.17) is 4.42 Å². The van der Waals surface area contributed by atoms with Crippen molar-refractivity contribution in [3.05, 3.63) is 71.0 Å². The summed E-state index contributed by atoms with van der Waals surface area (Å²) in [4.78, 5) is 32.6. The molecule has 2 amide bonds. The van der Waals surface area contributed by atoms with Crippen LogP contribution in [0.2, 0.25) is 0 Å². The Morgan fingerprint density at radius 3 is 2.49 bits per heavy atom. The predicted octanol–water partition coefficient (Wildman–Crippen LogP) is 5.10. The largest absolute Gasteiger partial charge is 0.461 e. The Balaban J connectivity index is 1.14. The van der Waals surface area contributed by atoms with Gasteiger partial charge < -0.3 is 14.2 Å². The third-order valence-electron chi connectivity index (χ3n) is 8.62. The van der Waals surface area contributed by atoms with Gasteiger partial charge in [0.05, 0.1) is 6.54 Å². The number of carbonyl (C=O) groups excluding carboxylic acids is 2. The number of amides is 2. The van der Waals surface area contributed by atoms with Crippen molar-refractivity contribution in [2.45, 2.75) is 70.5 Å². The second-order valence-corrected chi connectivity index (χ2v) is 11.0. The van der Waals surface area contributed by atoms with Gasteiger partial charge in [0.15, 0.2) is 0 Å². The molecule has 0 N–H and O–H groups in total. The van der Waals surface area contributed by atoms with E-state index in [1.54, 1.807) is 9.80 Å². The van der Waals surface area contributed by atoms with Crippen LogP contribution in [0.5, 0.6) is 0 Å². The Labute approximate surface area is 219 Å². The molecular formula is C31H37N3O3. The SMILES string of the molecule is CCc1oc2ccccc2c1CN1CC(=O)N2CCN(Cc3ccc(C4CCCCC4)cc3)CC2C1=O. The highest BCUT2D eigenvalue weighted by molar-refractivity contribution is 5.95. The Morgan fingerprint density at radius 1 is 0.919 bits per heavy atom. The molecule has 3 aliphatic rings.